The fourth-order valence-electron chi connectivity index (χ4n) is 8.28. The number of hydrogen-bond donors (Lipinski definition) is 3. The van der Waals surface area contributed by atoms with Crippen LogP contribution in [0.15, 0.2) is 36.5 Å². The number of unbranched alkanes of at least 4 members (excludes halogenated alkanes) is 31. The summed E-state index contributed by atoms with van der Waals surface area (Å²) in [5.74, 6) is -0.485. The van der Waals surface area contributed by atoms with Gasteiger partial charge in [-0.1, -0.05) is 224 Å². The summed E-state index contributed by atoms with van der Waals surface area (Å²) in [4.78, 5) is 26.1. The zero-order chi connectivity index (χ0) is 45.2. The molecular weight excluding hydrogens is 767 g/mol. The van der Waals surface area contributed by atoms with Crippen LogP contribution in [0.3, 0.4) is 0 Å². The molecule has 0 aliphatic carbocycles. The average molecular weight is 872 g/mol. The summed E-state index contributed by atoms with van der Waals surface area (Å²) in [7, 11) is 0. The van der Waals surface area contributed by atoms with E-state index in [-0.39, 0.29) is 24.9 Å². The van der Waals surface area contributed by atoms with Crippen molar-refractivity contribution in [3.8, 4) is 0 Å². The van der Waals surface area contributed by atoms with Gasteiger partial charge in [-0.25, -0.2) is 0 Å². The maximum atomic E-state index is 13.2. The molecule has 1 amide bonds. The summed E-state index contributed by atoms with van der Waals surface area (Å²) in [6, 6.07) is -0.704. The van der Waals surface area contributed by atoms with Crippen LogP contribution >= 0.6 is 0 Å². The predicted octanol–water partition coefficient (Wildman–Crippen LogP) is 16.5. The van der Waals surface area contributed by atoms with Crippen LogP contribution in [0.5, 0.6) is 0 Å². The maximum absolute atomic E-state index is 13.2. The van der Waals surface area contributed by atoms with E-state index in [1.54, 1.807) is 0 Å². The van der Waals surface area contributed by atoms with Gasteiger partial charge in [0.25, 0.3) is 0 Å². The van der Waals surface area contributed by atoms with E-state index >= 15 is 0 Å². The van der Waals surface area contributed by atoms with Crippen molar-refractivity contribution in [1.29, 1.82) is 0 Å². The predicted molar refractivity (Wildman–Crippen MR) is 269 cm³/mol. The first-order valence-electron chi connectivity index (χ1n) is 27.2. The van der Waals surface area contributed by atoms with Crippen molar-refractivity contribution in [2.75, 3.05) is 6.61 Å². The number of hydrogen-bond acceptors (Lipinski definition) is 5. The minimum atomic E-state index is -0.790. The number of carbonyl (C=O) groups is 2. The van der Waals surface area contributed by atoms with E-state index in [1.807, 2.05) is 0 Å². The fourth-order valence-corrected chi connectivity index (χ4v) is 8.28. The quantitative estimate of drug-likeness (QED) is 0.0321. The molecule has 0 aromatic heterocycles. The van der Waals surface area contributed by atoms with E-state index in [4.69, 9.17) is 4.74 Å². The van der Waals surface area contributed by atoms with Crippen molar-refractivity contribution < 1.29 is 24.5 Å². The monoisotopic (exact) mass is 872 g/mol. The van der Waals surface area contributed by atoms with Gasteiger partial charge in [-0.15, -0.1) is 0 Å². The molecule has 0 radical (unpaired) electrons. The SMILES string of the molecule is CCCCC/C=C\C/C=C\CCCCCCCCCCCC(=O)OC(CCCCC/C=C\CCCCC)CC(=O)NC(CO)C(O)CCCCCCCCCCCCCCCC. The second-order valence-electron chi connectivity index (χ2n) is 18.6. The van der Waals surface area contributed by atoms with Gasteiger partial charge in [0, 0.05) is 6.42 Å². The Morgan fingerprint density at radius 2 is 0.823 bits per heavy atom. The van der Waals surface area contributed by atoms with Crippen molar-refractivity contribution in [3.05, 3.63) is 36.5 Å². The van der Waals surface area contributed by atoms with E-state index in [2.05, 4.69) is 62.5 Å². The fraction of sp³-hybridized carbons (Fsp3) is 0.857. The summed E-state index contributed by atoms with van der Waals surface area (Å²) < 4.78 is 5.93. The summed E-state index contributed by atoms with van der Waals surface area (Å²) in [5, 5.41) is 23.8. The Balaban J connectivity index is 4.44. The molecule has 0 saturated carbocycles. The van der Waals surface area contributed by atoms with E-state index in [0.29, 0.717) is 19.3 Å². The first-order valence-corrected chi connectivity index (χ1v) is 27.2. The van der Waals surface area contributed by atoms with Crippen LogP contribution in [0.25, 0.3) is 0 Å². The summed E-state index contributed by atoms with van der Waals surface area (Å²) in [5.41, 5.74) is 0. The van der Waals surface area contributed by atoms with Crippen molar-refractivity contribution in [2.45, 2.75) is 302 Å². The second-order valence-corrected chi connectivity index (χ2v) is 18.6. The maximum Gasteiger partial charge on any atom is 0.306 e. The number of amides is 1. The molecule has 3 unspecified atom stereocenters. The van der Waals surface area contributed by atoms with Crippen LogP contribution in [0, 0.1) is 0 Å². The first kappa shape index (κ1) is 60.1. The van der Waals surface area contributed by atoms with Gasteiger partial charge in [0.1, 0.15) is 6.10 Å². The van der Waals surface area contributed by atoms with E-state index in [1.165, 1.54) is 167 Å². The lowest BCUT2D eigenvalue weighted by Crippen LogP contribution is -2.46. The molecule has 6 nitrogen and oxygen atoms in total. The topological polar surface area (TPSA) is 95.9 Å². The van der Waals surface area contributed by atoms with E-state index in [9.17, 15) is 19.8 Å². The van der Waals surface area contributed by atoms with Crippen LogP contribution < -0.4 is 5.32 Å². The molecule has 0 aliphatic rings. The van der Waals surface area contributed by atoms with Crippen molar-refractivity contribution >= 4 is 11.9 Å². The largest absolute Gasteiger partial charge is 0.462 e. The number of carbonyl (C=O) groups excluding carboxylic acids is 2. The Kier molecular flexibility index (Phi) is 48.5. The molecule has 0 aromatic carbocycles. The van der Waals surface area contributed by atoms with Crippen molar-refractivity contribution in [2.24, 2.45) is 0 Å². The third-order valence-electron chi connectivity index (χ3n) is 12.4. The van der Waals surface area contributed by atoms with Gasteiger partial charge >= 0.3 is 5.97 Å². The number of rotatable bonds is 49. The molecule has 62 heavy (non-hydrogen) atoms. The second kappa shape index (κ2) is 50.1. The Hall–Kier alpha value is -1.92. The molecule has 0 rings (SSSR count). The molecule has 0 aliphatic heterocycles. The van der Waals surface area contributed by atoms with Crippen LogP contribution in [0.4, 0.5) is 0 Å². The van der Waals surface area contributed by atoms with Gasteiger partial charge in [-0.3, -0.25) is 9.59 Å². The standard InChI is InChI=1S/C56H105NO5/c1-4-7-10-13-16-19-22-24-26-27-28-29-30-32-34-37-40-43-46-49-56(61)62-52(47-44-41-38-35-21-18-15-12-9-6-3)50-55(60)57-53(51-58)54(59)48-45-42-39-36-33-31-25-23-20-17-14-11-8-5-2/h16,18-19,21,24,26,52-54,58-59H,4-15,17,20,22-23,25,27-51H2,1-3H3,(H,57,60)/b19-16-,21-18-,26-24-. The minimum Gasteiger partial charge on any atom is -0.462 e. The number of aliphatic hydroxyl groups is 2. The molecule has 3 atom stereocenters. The zero-order valence-electron chi connectivity index (χ0n) is 41.5. The van der Waals surface area contributed by atoms with Crippen LogP contribution in [-0.2, 0) is 14.3 Å². The van der Waals surface area contributed by atoms with Crippen LogP contribution in [-0.4, -0.2) is 46.9 Å². The molecule has 0 spiro atoms. The average Bonchev–Trinajstić information content (AvgIpc) is 3.26. The zero-order valence-corrected chi connectivity index (χ0v) is 41.5. The molecule has 0 saturated heterocycles. The van der Waals surface area contributed by atoms with Crippen LogP contribution in [0.2, 0.25) is 0 Å². The highest BCUT2D eigenvalue weighted by atomic mass is 16.5. The summed E-state index contributed by atoms with van der Waals surface area (Å²) in [6.45, 7) is 6.44. The lowest BCUT2D eigenvalue weighted by molar-refractivity contribution is -0.151. The van der Waals surface area contributed by atoms with Gasteiger partial charge in [0.15, 0.2) is 0 Å². The number of ether oxygens (including phenoxy) is 1. The molecule has 3 N–H and O–H groups in total. The van der Waals surface area contributed by atoms with Gasteiger partial charge in [0.05, 0.1) is 25.2 Å². The molecule has 0 aromatic rings. The number of nitrogens with one attached hydrogen (secondary N) is 1. The normalized spacial score (nSPS) is 13.4. The van der Waals surface area contributed by atoms with Gasteiger partial charge in [-0.05, 0) is 83.5 Å². The number of esters is 1. The lowest BCUT2D eigenvalue weighted by Gasteiger charge is -2.24. The molecule has 0 bridgehead atoms. The van der Waals surface area contributed by atoms with Crippen molar-refractivity contribution in [1.82, 2.24) is 5.32 Å². The van der Waals surface area contributed by atoms with Crippen molar-refractivity contribution in [3.63, 3.8) is 0 Å². The Bertz CT molecular complexity index is 1020. The number of aliphatic hydroxyl groups excluding tert-OH is 2. The Labute approximate surface area is 385 Å². The van der Waals surface area contributed by atoms with E-state index < -0.39 is 18.2 Å². The lowest BCUT2D eigenvalue weighted by atomic mass is 10.0. The van der Waals surface area contributed by atoms with Gasteiger partial charge in [0.2, 0.25) is 5.91 Å². The van der Waals surface area contributed by atoms with Crippen LogP contribution in [0.1, 0.15) is 284 Å². The third kappa shape index (κ3) is 44.7. The van der Waals surface area contributed by atoms with Gasteiger partial charge < -0.3 is 20.3 Å². The molecule has 6 heteroatoms. The molecular formula is C56H105NO5. The summed E-state index contributed by atoms with van der Waals surface area (Å²) >= 11 is 0. The third-order valence-corrected chi connectivity index (χ3v) is 12.4. The smallest absolute Gasteiger partial charge is 0.306 e. The minimum absolute atomic E-state index is 0.0674. The number of allylic oxidation sites excluding steroid dienone is 6. The first-order chi connectivity index (χ1) is 30.5. The highest BCUT2D eigenvalue weighted by Crippen LogP contribution is 2.18. The molecule has 364 valence electrons. The summed E-state index contributed by atoms with van der Waals surface area (Å²) in [6.07, 6.45) is 59.2. The molecule has 0 heterocycles. The Morgan fingerprint density at radius 3 is 1.29 bits per heavy atom. The molecule has 0 fully saturated rings. The van der Waals surface area contributed by atoms with Gasteiger partial charge in [-0.2, -0.15) is 0 Å². The van der Waals surface area contributed by atoms with E-state index in [0.717, 1.165) is 70.6 Å². The highest BCUT2D eigenvalue weighted by molar-refractivity contribution is 5.77. The Morgan fingerprint density at radius 1 is 0.468 bits per heavy atom. The highest BCUT2D eigenvalue weighted by Gasteiger charge is 2.24.